The predicted molar refractivity (Wildman–Crippen MR) is 68.5 cm³/mol. The molecule has 1 aliphatic rings. The lowest BCUT2D eigenvalue weighted by molar-refractivity contribution is -0.137. The number of alkyl halides is 3. The zero-order valence-corrected chi connectivity index (χ0v) is 11.6. The van der Waals surface area contributed by atoms with Crippen LogP contribution in [0.5, 0.6) is 0 Å². The molecule has 2 N–H and O–H groups in total. The number of anilines is 1. The highest BCUT2D eigenvalue weighted by Gasteiger charge is 2.39. The first-order chi connectivity index (χ1) is 9.08. The van der Waals surface area contributed by atoms with E-state index >= 15 is 0 Å². The van der Waals surface area contributed by atoms with Crippen LogP contribution in [-0.2, 0) is 16.0 Å². The molecule has 112 valence electrons. The molecule has 4 nitrogen and oxygen atoms in total. The fourth-order valence-corrected chi connectivity index (χ4v) is 3.96. The van der Waals surface area contributed by atoms with E-state index in [1.165, 1.54) is 6.07 Å². The molecular formula is C11H11ClF3NO3S. The van der Waals surface area contributed by atoms with Gasteiger partial charge in [-0.2, -0.15) is 13.2 Å². The maximum Gasteiger partial charge on any atom is 0.418 e. The smallest absolute Gasteiger partial charge is 0.390 e. The van der Waals surface area contributed by atoms with Crippen LogP contribution in [0.25, 0.3) is 0 Å². The number of aliphatic hydroxyl groups excluding tert-OH is 1. The quantitative estimate of drug-likeness (QED) is 0.870. The van der Waals surface area contributed by atoms with Gasteiger partial charge >= 0.3 is 6.18 Å². The number of nitrogens with one attached hydrogen (secondary N) is 1. The summed E-state index contributed by atoms with van der Waals surface area (Å²) in [7, 11) is -3.44. The molecule has 0 bridgehead atoms. The van der Waals surface area contributed by atoms with E-state index in [0.717, 1.165) is 12.1 Å². The number of aliphatic hydroxyl groups is 1. The Hall–Kier alpha value is -0.990. The predicted octanol–water partition coefficient (Wildman–Crippen LogP) is 1.93. The number of rotatable bonds is 2. The molecule has 2 rings (SSSR count). The Balaban J connectivity index is 2.31. The van der Waals surface area contributed by atoms with E-state index in [4.69, 9.17) is 11.6 Å². The first-order valence-corrected chi connectivity index (χ1v) is 7.80. The standard InChI is InChI=1S/C11H11ClF3NO3S/c12-6-1-2-8(7(3-6)11(13,14)15)16-9-4-20(18,19)5-10(9)17/h1-3,9-10,16-17H,4-5H2. The third-order valence-corrected chi connectivity index (χ3v) is 4.90. The molecule has 20 heavy (non-hydrogen) atoms. The van der Waals surface area contributed by atoms with Crippen LogP contribution >= 0.6 is 11.6 Å². The molecule has 9 heteroatoms. The van der Waals surface area contributed by atoms with Crippen molar-refractivity contribution in [2.24, 2.45) is 0 Å². The van der Waals surface area contributed by atoms with E-state index in [-0.39, 0.29) is 10.7 Å². The third kappa shape index (κ3) is 3.36. The van der Waals surface area contributed by atoms with Gasteiger partial charge in [-0.05, 0) is 18.2 Å². The zero-order chi connectivity index (χ0) is 15.1. The Morgan fingerprint density at radius 1 is 1.30 bits per heavy atom. The summed E-state index contributed by atoms with van der Waals surface area (Å²) in [6.45, 7) is 0. The molecule has 1 aromatic rings. The molecule has 0 spiro atoms. The van der Waals surface area contributed by atoms with Crippen LogP contribution in [0, 0.1) is 0 Å². The first-order valence-electron chi connectivity index (χ1n) is 5.60. The fourth-order valence-electron chi connectivity index (χ4n) is 2.04. The van der Waals surface area contributed by atoms with Crippen molar-refractivity contribution in [3.05, 3.63) is 28.8 Å². The molecule has 1 aliphatic heterocycles. The normalized spacial score (nSPS) is 25.6. The van der Waals surface area contributed by atoms with Crippen LogP contribution < -0.4 is 5.32 Å². The van der Waals surface area contributed by atoms with Crippen LogP contribution in [0.3, 0.4) is 0 Å². The topological polar surface area (TPSA) is 66.4 Å². The molecule has 2 unspecified atom stereocenters. The highest BCUT2D eigenvalue weighted by Crippen LogP contribution is 2.37. The Bertz CT molecular complexity index is 618. The number of halogens is 4. The average Bonchev–Trinajstić information content (AvgIpc) is 2.53. The number of hydrogen-bond acceptors (Lipinski definition) is 4. The molecular weight excluding hydrogens is 319 g/mol. The fraction of sp³-hybridized carbons (Fsp3) is 0.455. The summed E-state index contributed by atoms with van der Waals surface area (Å²) in [5.74, 6) is -0.867. The van der Waals surface area contributed by atoms with Crippen LogP contribution in [0.1, 0.15) is 5.56 Å². The minimum atomic E-state index is -4.63. The van der Waals surface area contributed by atoms with E-state index in [1.807, 2.05) is 0 Å². The highest BCUT2D eigenvalue weighted by molar-refractivity contribution is 7.91. The van der Waals surface area contributed by atoms with Gasteiger partial charge in [0.25, 0.3) is 0 Å². The van der Waals surface area contributed by atoms with Crippen molar-refractivity contribution in [1.82, 2.24) is 0 Å². The van der Waals surface area contributed by atoms with Gasteiger partial charge in [0.05, 0.1) is 29.2 Å². The lowest BCUT2D eigenvalue weighted by Gasteiger charge is -2.20. The Morgan fingerprint density at radius 3 is 2.45 bits per heavy atom. The van der Waals surface area contributed by atoms with Crippen LogP contribution in [0.15, 0.2) is 18.2 Å². The van der Waals surface area contributed by atoms with Crippen molar-refractivity contribution in [3.8, 4) is 0 Å². The Kier molecular flexibility index (Phi) is 3.92. The monoisotopic (exact) mass is 329 g/mol. The summed E-state index contributed by atoms with van der Waals surface area (Å²) in [6, 6.07) is 2.15. The summed E-state index contributed by atoms with van der Waals surface area (Å²) in [5, 5.41) is 11.9. The molecule has 2 atom stereocenters. The van der Waals surface area contributed by atoms with Crippen molar-refractivity contribution in [3.63, 3.8) is 0 Å². The SMILES string of the molecule is O=S1(=O)CC(O)C(Nc2ccc(Cl)cc2C(F)(F)F)C1. The second-order valence-corrected chi connectivity index (χ2v) is 7.17. The summed E-state index contributed by atoms with van der Waals surface area (Å²) in [6.07, 6.45) is -5.87. The van der Waals surface area contributed by atoms with Gasteiger partial charge in [0.2, 0.25) is 0 Å². The second-order valence-electron chi connectivity index (χ2n) is 4.58. The molecule has 0 saturated carbocycles. The minimum Gasteiger partial charge on any atom is -0.390 e. The van der Waals surface area contributed by atoms with E-state index in [1.54, 1.807) is 0 Å². The molecule has 1 heterocycles. The highest BCUT2D eigenvalue weighted by atomic mass is 35.5. The summed E-state index contributed by atoms with van der Waals surface area (Å²) >= 11 is 5.54. The minimum absolute atomic E-state index is 0.0810. The maximum atomic E-state index is 12.9. The van der Waals surface area contributed by atoms with Gasteiger partial charge in [-0.3, -0.25) is 0 Å². The first kappa shape index (κ1) is 15.4. The molecule has 1 aromatic carbocycles. The molecule has 1 saturated heterocycles. The van der Waals surface area contributed by atoms with Crippen LogP contribution in [0.4, 0.5) is 18.9 Å². The van der Waals surface area contributed by atoms with E-state index in [0.29, 0.717) is 0 Å². The van der Waals surface area contributed by atoms with Gasteiger partial charge in [-0.25, -0.2) is 8.42 Å². The molecule has 1 fully saturated rings. The lowest BCUT2D eigenvalue weighted by Crippen LogP contribution is -2.32. The van der Waals surface area contributed by atoms with Crippen molar-refractivity contribution in [2.45, 2.75) is 18.3 Å². The van der Waals surface area contributed by atoms with Crippen LogP contribution in [0.2, 0.25) is 5.02 Å². The van der Waals surface area contributed by atoms with E-state index in [2.05, 4.69) is 5.32 Å². The van der Waals surface area contributed by atoms with Gasteiger partial charge < -0.3 is 10.4 Å². The van der Waals surface area contributed by atoms with Gasteiger partial charge in [0.1, 0.15) is 0 Å². The molecule has 0 radical (unpaired) electrons. The van der Waals surface area contributed by atoms with Gasteiger partial charge in [0.15, 0.2) is 9.84 Å². The second kappa shape index (κ2) is 5.09. The molecule has 0 aromatic heterocycles. The van der Waals surface area contributed by atoms with Crippen LogP contribution in [-0.4, -0.2) is 37.2 Å². The van der Waals surface area contributed by atoms with Gasteiger partial charge in [0, 0.05) is 10.7 Å². The number of benzene rings is 1. The number of sulfone groups is 1. The van der Waals surface area contributed by atoms with Crippen molar-refractivity contribution >= 4 is 27.1 Å². The third-order valence-electron chi connectivity index (χ3n) is 2.95. The summed E-state index contributed by atoms with van der Waals surface area (Å²) < 4.78 is 61.3. The zero-order valence-electron chi connectivity index (χ0n) is 9.98. The summed E-state index contributed by atoms with van der Waals surface area (Å²) in [5.41, 5.74) is -1.30. The largest absolute Gasteiger partial charge is 0.418 e. The molecule has 0 aliphatic carbocycles. The Morgan fingerprint density at radius 2 is 1.95 bits per heavy atom. The van der Waals surface area contributed by atoms with Crippen molar-refractivity contribution in [2.75, 3.05) is 16.8 Å². The van der Waals surface area contributed by atoms with Gasteiger partial charge in [-0.1, -0.05) is 11.6 Å². The average molecular weight is 330 g/mol. The maximum absolute atomic E-state index is 12.9. The Labute approximate surface area is 118 Å². The van der Waals surface area contributed by atoms with Crippen molar-refractivity contribution < 1.29 is 26.7 Å². The summed E-state index contributed by atoms with van der Waals surface area (Å²) in [4.78, 5) is 0. The van der Waals surface area contributed by atoms with Gasteiger partial charge in [-0.15, -0.1) is 0 Å². The number of hydrogen-bond donors (Lipinski definition) is 2. The van der Waals surface area contributed by atoms with Crippen molar-refractivity contribution in [1.29, 1.82) is 0 Å². The van der Waals surface area contributed by atoms with E-state index < -0.39 is 45.2 Å². The lowest BCUT2D eigenvalue weighted by atomic mass is 10.1. The molecule has 0 amide bonds. The van der Waals surface area contributed by atoms with E-state index in [9.17, 15) is 26.7 Å².